The van der Waals surface area contributed by atoms with Crippen LogP contribution in [0.3, 0.4) is 0 Å². The Bertz CT molecular complexity index is 1760. The topological polar surface area (TPSA) is 203 Å². The Morgan fingerprint density at radius 1 is 1.25 bits per heavy atom. The monoisotopic (exact) mass is 666 g/mol. The zero-order valence-corrected chi connectivity index (χ0v) is 26.3. The van der Waals surface area contributed by atoms with Crippen LogP contribution in [0.5, 0.6) is 5.75 Å². The number of carboxylic acid groups (broad SMARTS) is 1. The minimum absolute atomic E-state index is 0.0313. The van der Waals surface area contributed by atoms with Crippen LogP contribution in [-0.4, -0.2) is 88.2 Å². The maximum absolute atomic E-state index is 14.9. The van der Waals surface area contributed by atoms with E-state index in [1.165, 1.54) is 24.5 Å². The van der Waals surface area contributed by atoms with E-state index >= 15 is 0 Å². The maximum Gasteiger partial charge on any atom is 0.290 e. The number of nitrogens with one attached hydrogen (secondary N) is 4. The summed E-state index contributed by atoms with van der Waals surface area (Å²) in [5.74, 6) is -2.47. The summed E-state index contributed by atoms with van der Waals surface area (Å²) in [5.41, 5.74) is 1.92. The van der Waals surface area contributed by atoms with Crippen molar-refractivity contribution in [1.82, 2.24) is 30.3 Å². The van der Waals surface area contributed by atoms with Crippen molar-refractivity contribution in [3.05, 3.63) is 71.7 Å². The van der Waals surface area contributed by atoms with Gasteiger partial charge in [0.2, 0.25) is 5.82 Å². The molecule has 3 heterocycles. The molecule has 1 aliphatic rings. The molecule has 2 aromatic carbocycles. The summed E-state index contributed by atoms with van der Waals surface area (Å²) in [6, 6.07) is 9.84. The first-order valence-corrected chi connectivity index (χ1v) is 14.6. The number of β-amino-alcohol motifs (C(OH)–C–C–N with tert-alkyl or cyclic N) is 1. The number of carbonyl (C=O) groups excluding carboxylic acids is 2. The van der Waals surface area contributed by atoms with Crippen molar-refractivity contribution in [2.75, 3.05) is 38.1 Å². The van der Waals surface area contributed by atoms with E-state index in [0.29, 0.717) is 61.0 Å². The van der Waals surface area contributed by atoms with Crippen molar-refractivity contribution >= 4 is 36.3 Å². The number of ether oxygens (including phenoxy) is 1. The first-order valence-electron chi connectivity index (χ1n) is 14.6. The number of fused-ring (bicyclic) bond motifs is 1. The molecule has 1 fully saturated rings. The number of imidazole rings is 1. The Balaban J connectivity index is 0.00000118. The van der Waals surface area contributed by atoms with Gasteiger partial charge >= 0.3 is 0 Å². The Hall–Kier alpha value is -5.50. The average molecular weight is 667 g/mol. The van der Waals surface area contributed by atoms with Crippen molar-refractivity contribution < 1.29 is 38.1 Å². The fourth-order valence-electron chi connectivity index (χ4n) is 5.11. The third-order valence-corrected chi connectivity index (χ3v) is 7.21. The number of aromatic nitrogens is 3. The van der Waals surface area contributed by atoms with Crippen LogP contribution in [0.15, 0.2) is 48.9 Å². The normalized spacial score (nSPS) is 16.5. The van der Waals surface area contributed by atoms with Gasteiger partial charge in [0.15, 0.2) is 29.6 Å². The van der Waals surface area contributed by atoms with E-state index in [1.807, 2.05) is 26.7 Å². The summed E-state index contributed by atoms with van der Waals surface area (Å²) >= 11 is 0. The number of halogens is 2. The van der Waals surface area contributed by atoms with Gasteiger partial charge in [-0.25, -0.2) is 14.4 Å². The van der Waals surface area contributed by atoms with Crippen molar-refractivity contribution in [3.8, 4) is 23.1 Å². The van der Waals surface area contributed by atoms with Gasteiger partial charge in [-0.15, -0.1) is 0 Å². The molecule has 0 bridgehead atoms. The first-order chi connectivity index (χ1) is 23.1. The predicted molar refractivity (Wildman–Crippen MR) is 172 cm³/mol. The van der Waals surface area contributed by atoms with Crippen molar-refractivity contribution in [2.45, 2.75) is 31.9 Å². The molecule has 0 aliphatic carbocycles. The van der Waals surface area contributed by atoms with E-state index in [2.05, 4.69) is 31.2 Å². The Morgan fingerprint density at radius 3 is 2.67 bits per heavy atom. The molecule has 0 spiro atoms. The van der Waals surface area contributed by atoms with Gasteiger partial charge < -0.3 is 41.0 Å². The van der Waals surface area contributed by atoms with E-state index in [0.717, 1.165) is 5.56 Å². The molecule has 14 nitrogen and oxygen atoms in total. The number of benzene rings is 2. The highest BCUT2D eigenvalue weighted by Gasteiger charge is 2.32. The van der Waals surface area contributed by atoms with E-state index in [9.17, 15) is 18.7 Å². The highest BCUT2D eigenvalue weighted by molar-refractivity contribution is 5.96. The molecule has 5 rings (SSSR count). The standard InChI is InChI=1S/C30H32F2N8O3.CH2O2.CH2O/c1-18-13-19(3-4-21(18)29(41)36-9-8-34-15-20-14-30(2,42)17-38-20)39-27-28-37-16-23(40(28)11-10-35-27)22-5-6-24(43-12-7-33)26(32)25(22)31;2-1-3;1-2/h3-6,10-11,13,16,20,34,38,42H,8-9,12,14-15,17H2,1-2H3,(H,35,39)(H,36,41);1H,(H,2,3);1H2/t20?,30-;;/m0../s1. The number of anilines is 2. The second-order valence-electron chi connectivity index (χ2n) is 10.8. The summed E-state index contributed by atoms with van der Waals surface area (Å²) in [6.07, 6.45) is 5.19. The van der Waals surface area contributed by atoms with E-state index in [4.69, 9.17) is 24.7 Å². The molecule has 254 valence electrons. The highest BCUT2D eigenvalue weighted by atomic mass is 19.2. The van der Waals surface area contributed by atoms with Gasteiger partial charge in [-0.3, -0.25) is 14.0 Å². The molecule has 48 heavy (non-hydrogen) atoms. The second kappa shape index (κ2) is 17.4. The van der Waals surface area contributed by atoms with Gasteiger partial charge in [0.1, 0.15) is 12.9 Å². The van der Waals surface area contributed by atoms with E-state index in [-0.39, 0.29) is 29.7 Å². The second-order valence-corrected chi connectivity index (χ2v) is 10.8. The number of nitriles is 1. The average Bonchev–Trinajstić information content (AvgIpc) is 3.66. The third kappa shape index (κ3) is 9.28. The summed E-state index contributed by atoms with van der Waals surface area (Å²) < 4.78 is 36.0. The van der Waals surface area contributed by atoms with Gasteiger partial charge in [-0.1, -0.05) is 0 Å². The predicted octanol–water partition coefficient (Wildman–Crippen LogP) is 2.58. The molecule has 2 aromatic heterocycles. The number of hydrogen-bond donors (Lipinski definition) is 6. The van der Waals surface area contributed by atoms with Crippen LogP contribution in [0.4, 0.5) is 20.3 Å². The molecular weight excluding hydrogens is 630 g/mol. The number of carbonyl (C=O) groups is 3. The van der Waals surface area contributed by atoms with Gasteiger partial charge in [0.25, 0.3) is 12.4 Å². The minimum Gasteiger partial charge on any atom is -0.483 e. The van der Waals surface area contributed by atoms with Crippen molar-refractivity contribution in [1.29, 1.82) is 5.26 Å². The maximum atomic E-state index is 14.9. The smallest absolute Gasteiger partial charge is 0.290 e. The Kier molecular flexibility index (Phi) is 13.4. The number of amides is 1. The van der Waals surface area contributed by atoms with Crippen LogP contribution in [0.25, 0.3) is 16.9 Å². The van der Waals surface area contributed by atoms with Crippen LogP contribution in [0, 0.1) is 29.9 Å². The molecular formula is C32H36F2N8O6. The Morgan fingerprint density at radius 2 is 2.00 bits per heavy atom. The van der Waals surface area contributed by atoms with Gasteiger partial charge in [-0.05, 0) is 56.2 Å². The summed E-state index contributed by atoms with van der Waals surface area (Å²) in [4.78, 5) is 37.9. The van der Waals surface area contributed by atoms with Crippen molar-refractivity contribution in [2.24, 2.45) is 0 Å². The number of hydrogen-bond acceptors (Lipinski definition) is 11. The molecule has 0 saturated carbocycles. The highest BCUT2D eigenvalue weighted by Crippen LogP contribution is 2.32. The molecule has 1 amide bonds. The molecule has 1 saturated heterocycles. The number of aliphatic hydroxyl groups is 1. The quantitative estimate of drug-likeness (QED) is 0.101. The zero-order chi connectivity index (χ0) is 35.3. The molecule has 0 radical (unpaired) electrons. The Labute approximate surface area is 274 Å². The fraction of sp³-hybridized carbons (Fsp3) is 0.312. The summed E-state index contributed by atoms with van der Waals surface area (Å²) in [5, 5.41) is 38.2. The molecule has 16 heteroatoms. The molecule has 6 N–H and O–H groups in total. The lowest BCUT2D eigenvalue weighted by Crippen LogP contribution is -2.38. The lowest BCUT2D eigenvalue weighted by Gasteiger charge is -2.15. The number of rotatable bonds is 11. The summed E-state index contributed by atoms with van der Waals surface area (Å²) in [6.45, 7) is 7.33. The van der Waals surface area contributed by atoms with Crippen molar-refractivity contribution in [3.63, 3.8) is 0 Å². The zero-order valence-electron chi connectivity index (χ0n) is 26.3. The largest absolute Gasteiger partial charge is 0.483 e. The molecule has 4 aromatic rings. The molecule has 1 aliphatic heterocycles. The fourth-order valence-corrected chi connectivity index (χ4v) is 5.11. The van der Waals surface area contributed by atoms with Gasteiger partial charge in [0, 0.05) is 61.4 Å². The van der Waals surface area contributed by atoms with Crippen LogP contribution in [0.1, 0.15) is 29.3 Å². The van der Waals surface area contributed by atoms with Gasteiger partial charge in [0.05, 0.1) is 17.5 Å². The van der Waals surface area contributed by atoms with E-state index in [1.54, 1.807) is 28.8 Å². The van der Waals surface area contributed by atoms with Gasteiger partial charge in [-0.2, -0.15) is 9.65 Å². The van der Waals surface area contributed by atoms with Crippen LogP contribution in [0.2, 0.25) is 0 Å². The lowest BCUT2D eigenvalue weighted by atomic mass is 10.0. The van der Waals surface area contributed by atoms with Crippen LogP contribution < -0.4 is 26.0 Å². The van der Waals surface area contributed by atoms with Crippen LogP contribution >= 0.6 is 0 Å². The number of aryl methyl sites for hydroxylation is 1. The molecule has 1 unspecified atom stereocenters. The minimum atomic E-state index is -1.19. The van der Waals surface area contributed by atoms with Crippen LogP contribution in [-0.2, 0) is 9.59 Å². The summed E-state index contributed by atoms with van der Waals surface area (Å²) in [7, 11) is 0. The molecule has 2 atom stereocenters. The number of nitrogens with zero attached hydrogens (tertiary/aromatic N) is 4. The lowest BCUT2D eigenvalue weighted by molar-refractivity contribution is -0.122. The van der Waals surface area contributed by atoms with E-state index < -0.39 is 23.8 Å². The first kappa shape index (κ1) is 37.0. The SMILES string of the molecule is C=O.Cc1cc(Nc2nccn3c(-c4ccc(OCC#N)c(F)c4F)cnc23)ccc1C(=O)NCCNCC1C[C@](C)(O)CN1.O=CO. The third-order valence-electron chi connectivity index (χ3n) is 7.21.